The lowest BCUT2D eigenvalue weighted by Crippen LogP contribution is -2.27. The Morgan fingerprint density at radius 2 is 1.80 bits per heavy atom. The van der Waals surface area contributed by atoms with Gasteiger partial charge >= 0.3 is 0 Å². The van der Waals surface area contributed by atoms with Crippen molar-refractivity contribution in [2.45, 2.75) is 32.0 Å². The molecule has 4 heteroatoms. The van der Waals surface area contributed by atoms with E-state index in [-0.39, 0.29) is 18.0 Å². The number of ketones is 1. The van der Waals surface area contributed by atoms with E-state index in [1.54, 1.807) is 21.1 Å². The van der Waals surface area contributed by atoms with E-state index in [4.69, 9.17) is 9.47 Å². The SMILES string of the molecule is COC1CN(CCCC(C)=O)CC1OC. The molecule has 0 spiro atoms. The Labute approximate surface area is 91.5 Å². The van der Waals surface area contributed by atoms with Gasteiger partial charge in [0.1, 0.15) is 5.78 Å². The molecule has 1 fully saturated rings. The predicted molar refractivity (Wildman–Crippen MR) is 57.9 cm³/mol. The zero-order chi connectivity index (χ0) is 11.3. The first-order valence-corrected chi connectivity index (χ1v) is 5.44. The van der Waals surface area contributed by atoms with E-state index in [9.17, 15) is 4.79 Å². The van der Waals surface area contributed by atoms with Crippen molar-refractivity contribution in [2.24, 2.45) is 0 Å². The fourth-order valence-electron chi connectivity index (χ4n) is 2.01. The third kappa shape index (κ3) is 3.89. The van der Waals surface area contributed by atoms with Crippen LogP contribution in [0.25, 0.3) is 0 Å². The molecule has 0 N–H and O–H groups in total. The summed E-state index contributed by atoms with van der Waals surface area (Å²) in [5, 5.41) is 0. The molecule has 1 heterocycles. The van der Waals surface area contributed by atoms with Crippen LogP contribution in [0.15, 0.2) is 0 Å². The fourth-order valence-corrected chi connectivity index (χ4v) is 2.01. The van der Waals surface area contributed by atoms with Gasteiger partial charge in [0, 0.05) is 33.7 Å². The molecular formula is C11H21NO3. The van der Waals surface area contributed by atoms with Crippen molar-refractivity contribution in [3.63, 3.8) is 0 Å². The van der Waals surface area contributed by atoms with Gasteiger partial charge in [-0.2, -0.15) is 0 Å². The zero-order valence-corrected chi connectivity index (χ0v) is 9.86. The Hall–Kier alpha value is -0.450. The van der Waals surface area contributed by atoms with Crippen LogP contribution in [0.3, 0.4) is 0 Å². The number of carbonyl (C=O) groups is 1. The van der Waals surface area contributed by atoms with Crippen molar-refractivity contribution in [2.75, 3.05) is 33.9 Å². The van der Waals surface area contributed by atoms with Crippen LogP contribution >= 0.6 is 0 Å². The average molecular weight is 215 g/mol. The molecule has 0 aromatic rings. The Balaban J connectivity index is 2.24. The summed E-state index contributed by atoms with van der Waals surface area (Å²) >= 11 is 0. The van der Waals surface area contributed by atoms with Crippen molar-refractivity contribution < 1.29 is 14.3 Å². The highest BCUT2D eigenvalue weighted by atomic mass is 16.5. The molecule has 1 saturated heterocycles. The number of nitrogens with zero attached hydrogens (tertiary/aromatic N) is 1. The predicted octanol–water partition coefficient (Wildman–Crippen LogP) is 0.701. The molecule has 2 unspecified atom stereocenters. The van der Waals surface area contributed by atoms with E-state index in [2.05, 4.69) is 4.90 Å². The minimum atomic E-state index is 0.173. The number of likely N-dealkylation sites (tertiary alicyclic amines) is 1. The zero-order valence-electron chi connectivity index (χ0n) is 9.86. The molecular weight excluding hydrogens is 194 g/mol. The normalized spacial score (nSPS) is 27.1. The molecule has 0 radical (unpaired) electrons. The summed E-state index contributed by atoms with van der Waals surface area (Å²) < 4.78 is 10.7. The van der Waals surface area contributed by atoms with Gasteiger partial charge in [0.2, 0.25) is 0 Å². The highest BCUT2D eigenvalue weighted by Gasteiger charge is 2.32. The Bertz CT molecular complexity index is 196. The van der Waals surface area contributed by atoms with Crippen molar-refractivity contribution in [1.82, 2.24) is 4.90 Å². The van der Waals surface area contributed by atoms with Crippen LogP contribution in [0.1, 0.15) is 19.8 Å². The third-order valence-corrected chi connectivity index (χ3v) is 2.90. The van der Waals surface area contributed by atoms with Gasteiger partial charge in [-0.1, -0.05) is 0 Å². The standard InChI is InChI=1S/C11H21NO3/c1-9(13)5-4-6-12-7-10(14-2)11(8-12)15-3/h10-11H,4-8H2,1-3H3. The van der Waals surface area contributed by atoms with E-state index < -0.39 is 0 Å². The molecule has 0 aromatic heterocycles. The molecule has 0 bridgehead atoms. The molecule has 88 valence electrons. The van der Waals surface area contributed by atoms with Gasteiger partial charge < -0.3 is 14.3 Å². The summed E-state index contributed by atoms with van der Waals surface area (Å²) in [5.74, 6) is 0.265. The summed E-state index contributed by atoms with van der Waals surface area (Å²) in [4.78, 5) is 13.1. The number of hydrogen-bond acceptors (Lipinski definition) is 4. The molecule has 2 atom stereocenters. The minimum absolute atomic E-state index is 0.173. The maximum atomic E-state index is 10.8. The number of ether oxygens (including phenoxy) is 2. The van der Waals surface area contributed by atoms with E-state index in [1.807, 2.05) is 0 Å². The van der Waals surface area contributed by atoms with Gasteiger partial charge in [0.15, 0.2) is 0 Å². The highest BCUT2D eigenvalue weighted by Crippen LogP contribution is 2.15. The van der Waals surface area contributed by atoms with Gasteiger partial charge in [-0.25, -0.2) is 0 Å². The lowest BCUT2D eigenvalue weighted by Gasteiger charge is -2.13. The molecule has 15 heavy (non-hydrogen) atoms. The topological polar surface area (TPSA) is 38.8 Å². The minimum Gasteiger partial charge on any atom is -0.377 e. The lowest BCUT2D eigenvalue weighted by molar-refractivity contribution is -0.117. The van der Waals surface area contributed by atoms with Crippen LogP contribution in [0.4, 0.5) is 0 Å². The second-order valence-electron chi connectivity index (χ2n) is 4.11. The fraction of sp³-hybridized carbons (Fsp3) is 0.909. The smallest absolute Gasteiger partial charge is 0.129 e. The van der Waals surface area contributed by atoms with Crippen LogP contribution in [-0.2, 0) is 14.3 Å². The van der Waals surface area contributed by atoms with Crippen LogP contribution in [-0.4, -0.2) is 56.7 Å². The number of hydrogen-bond donors (Lipinski definition) is 0. The van der Waals surface area contributed by atoms with Crippen LogP contribution in [0.2, 0.25) is 0 Å². The summed E-state index contributed by atoms with van der Waals surface area (Å²) in [5.41, 5.74) is 0. The Morgan fingerprint density at radius 3 is 2.20 bits per heavy atom. The Kier molecular flexibility index (Phi) is 5.22. The van der Waals surface area contributed by atoms with E-state index in [0.29, 0.717) is 6.42 Å². The molecule has 0 aromatic carbocycles. The van der Waals surface area contributed by atoms with Crippen LogP contribution in [0, 0.1) is 0 Å². The Morgan fingerprint density at radius 1 is 1.27 bits per heavy atom. The largest absolute Gasteiger partial charge is 0.377 e. The molecule has 1 aliphatic rings. The van der Waals surface area contributed by atoms with Crippen molar-refractivity contribution in [3.8, 4) is 0 Å². The van der Waals surface area contributed by atoms with Crippen LogP contribution < -0.4 is 0 Å². The first-order valence-electron chi connectivity index (χ1n) is 5.44. The maximum absolute atomic E-state index is 10.8. The van der Waals surface area contributed by atoms with E-state index in [0.717, 1.165) is 26.1 Å². The van der Waals surface area contributed by atoms with Gasteiger partial charge in [-0.05, 0) is 19.9 Å². The quantitative estimate of drug-likeness (QED) is 0.654. The molecule has 4 nitrogen and oxygen atoms in total. The molecule has 0 saturated carbocycles. The summed E-state index contributed by atoms with van der Waals surface area (Å²) in [7, 11) is 3.44. The van der Waals surface area contributed by atoms with Crippen molar-refractivity contribution in [3.05, 3.63) is 0 Å². The summed E-state index contributed by atoms with van der Waals surface area (Å²) in [6, 6.07) is 0. The van der Waals surface area contributed by atoms with Crippen molar-refractivity contribution >= 4 is 5.78 Å². The number of carbonyl (C=O) groups excluding carboxylic acids is 1. The first-order chi connectivity index (χ1) is 7.17. The van der Waals surface area contributed by atoms with Gasteiger partial charge in [-0.3, -0.25) is 4.90 Å². The monoisotopic (exact) mass is 215 g/mol. The molecule has 1 rings (SSSR count). The van der Waals surface area contributed by atoms with Crippen molar-refractivity contribution in [1.29, 1.82) is 0 Å². The number of methoxy groups -OCH3 is 2. The molecule has 1 aliphatic heterocycles. The number of rotatable bonds is 6. The maximum Gasteiger partial charge on any atom is 0.129 e. The molecule has 0 amide bonds. The first kappa shape index (κ1) is 12.6. The third-order valence-electron chi connectivity index (χ3n) is 2.90. The van der Waals surface area contributed by atoms with Gasteiger partial charge in [0.25, 0.3) is 0 Å². The summed E-state index contributed by atoms with van der Waals surface area (Å²) in [6.07, 6.45) is 1.95. The van der Waals surface area contributed by atoms with E-state index in [1.165, 1.54) is 0 Å². The molecule has 0 aliphatic carbocycles. The van der Waals surface area contributed by atoms with Crippen LogP contribution in [0.5, 0.6) is 0 Å². The van der Waals surface area contributed by atoms with E-state index >= 15 is 0 Å². The van der Waals surface area contributed by atoms with Gasteiger partial charge in [-0.15, -0.1) is 0 Å². The highest BCUT2D eigenvalue weighted by molar-refractivity contribution is 5.75. The second-order valence-corrected chi connectivity index (χ2v) is 4.11. The number of Topliss-reactive ketones (excluding diaryl/α,β-unsaturated/α-hetero) is 1. The van der Waals surface area contributed by atoms with Gasteiger partial charge in [0.05, 0.1) is 12.2 Å². The average Bonchev–Trinajstić information content (AvgIpc) is 2.59. The summed E-state index contributed by atoms with van der Waals surface area (Å²) in [6.45, 7) is 4.42. The lowest BCUT2D eigenvalue weighted by atomic mass is 10.2. The second kappa shape index (κ2) is 6.20.